The highest BCUT2D eigenvalue weighted by molar-refractivity contribution is 5.94. The van der Waals surface area contributed by atoms with Crippen LogP contribution in [0.1, 0.15) is 22.3 Å². The van der Waals surface area contributed by atoms with E-state index in [0.717, 1.165) is 32.7 Å². The van der Waals surface area contributed by atoms with Crippen LogP contribution in [0.15, 0.2) is 36.9 Å². The summed E-state index contributed by atoms with van der Waals surface area (Å²) in [5.41, 5.74) is 2.24. The molecule has 2 fully saturated rings. The highest BCUT2D eigenvalue weighted by Crippen LogP contribution is 2.40. The van der Waals surface area contributed by atoms with Gasteiger partial charge in [-0.25, -0.2) is 0 Å². The second kappa shape index (κ2) is 5.45. The molecule has 6 nitrogen and oxygen atoms in total. The molecule has 2 aliphatic rings. The molecule has 0 aromatic carbocycles. The molecule has 1 amide bonds. The van der Waals surface area contributed by atoms with E-state index in [9.17, 15) is 4.79 Å². The smallest absolute Gasteiger partial charge is 0.257 e. The summed E-state index contributed by atoms with van der Waals surface area (Å²) in [4.78, 5) is 21.0. The molecule has 4 heterocycles. The Morgan fingerprint density at radius 3 is 2.87 bits per heavy atom. The Labute approximate surface area is 135 Å². The Morgan fingerprint density at radius 1 is 1.30 bits per heavy atom. The predicted octanol–water partition coefficient (Wildman–Crippen LogP) is 1.16. The molecule has 0 aliphatic carbocycles. The molecule has 23 heavy (non-hydrogen) atoms. The zero-order valence-corrected chi connectivity index (χ0v) is 13.4. The van der Waals surface area contributed by atoms with Crippen LogP contribution in [-0.2, 0) is 13.6 Å². The fraction of sp³-hybridized carbons (Fsp3) is 0.471. The molecule has 0 saturated carbocycles. The van der Waals surface area contributed by atoms with Crippen LogP contribution in [0, 0.1) is 5.41 Å². The largest absolute Gasteiger partial charge is 0.337 e. The molecule has 0 N–H and O–H groups in total. The topological polar surface area (TPSA) is 54.3 Å². The number of carbonyl (C=O) groups excluding carboxylic acids is 1. The van der Waals surface area contributed by atoms with Crippen molar-refractivity contribution in [2.75, 3.05) is 26.2 Å². The number of nitrogens with zero attached hydrogens (tertiary/aromatic N) is 5. The monoisotopic (exact) mass is 311 g/mol. The van der Waals surface area contributed by atoms with Gasteiger partial charge in [0.15, 0.2) is 0 Å². The van der Waals surface area contributed by atoms with E-state index in [1.807, 2.05) is 30.4 Å². The number of hydrogen-bond donors (Lipinski definition) is 0. The van der Waals surface area contributed by atoms with E-state index in [1.54, 1.807) is 17.1 Å². The van der Waals surface area contributed by atoms with Gasteiger partial charge in [-0.15, -0.1) is 0 Å². The molecule has 2 aromatic heterocycles. The lowest BCUT2D eigenvalue weighted by atomic mass is 9.79. The Kier molecular flexibility index (Phi) is 3.41. The normalized spacial score (nSPS) is 20.0. The molecule has 1 spiro atoms. The van der Waals surface area contributed by atoms with Crippen molar-refractivity contribution in [3.8, 4) is 0 Å². The lowest BCUT2D eigenvalue weighted by Gasteiger charge is -2.48. The summed E-state index contributed by atoms with van der Waals surface area (Å²) < 4.78 is 1.67. The van der Waals surface area contributed by atoms with E-state index in [2.05, 4.69) is 21.0 Å². The number of carbonyl (C=O) groups is 1. The SMILES string of the molecule is Cn1cc(C(=O)N2CC3(CCN(Cc4cccnc4)C3)C2)cn1. The minimum absolute atomic E-state index is 0.106. The fourth-order valence-electron chi connectivity index (χ4n) is 3.79. The molecule has 0 radical (unpaired) electrons. The van der Waals surface area contributed by atoms with E-state index in [-0.39, 0.29) is 5.91 Å². The third-order valence-electron chi connectivity index (χ3n) is 4.94. The molecule has 2 aliphatic heterocycles. The second-order valence-corrected chi connectivity index (χ2v) is 6.89. The van der Waals surface area contributed by atoms with E-state index >= 15 is 0 Å². The maximum atomic E-state index is 12.4. The van der Waals surface area contributed by atoms with E-state index < -0.39 is 0 Å². The van der Waals surface area contributed by atoms with Crippen molar-refractivity contribution < 1.29 is 4.79 Å². The molecule has 4 rings (SSSR count). The molecule has 2 saturated heterocycles. The van der Waals surface area contributed by atoms with Gasteiger partial charge < -0.3 is 4.90 Å². The zero-order valence-electron chi connectivity index (χ0n) is 13.4. The Morgan fingerprint density at radius 2 is 2.17 bits per heavy atom. The lowest BCUT2D eigenvalue weighted by molar-refractivity contribution is 0.0104. The van der Waals surface area contributed by atoms with Crippen molar-refractivity contribution in [1.82, 2.24) is 24.6 Å². The highest BCUT2D eigenvalue weighted by Gasteiger charge is 2.49. The maximum Gasteiger partial charge on any atom is 0.257 e. The Hall–Kier alpha value is -2.21. The number of amides is 1. The molecule has 0 unspecified atom stereocenters. The van der Waals surface area contributed by atoms with Crippen molar-refractivity contribution >= 4 is 5.91 Å². The lowest BCUT2D eigenvalue weighted by Crippen LogP contribution is -2.59. The number of hydrogen-bond acceptors (Lipinski definition) is 4. The highest BCUT2D eigenvalue weighted by atomic mass is 16.2. The van der Waals surface area contributed by atoms with Crippen LogP contribution in [0.5, 0.6) is 0 Å². The summed E-state index contributed by atoms with van der Waals surface area (Å²) in [6.45, 7) is 4.85. The van der Waals surface area contributed by atoms with Gasteiger partial charge in [-0.3, -0.25) is 19.4 Å². The van der Waals surface area contributed by atoms with Crippen molar-refractivity contribution in [1.29, 1.82) is 0 Å². The first-order valence-corrected chi connectivity index (χ1v) is 8.03. The van der Waals surface area contributed by atoms with Crippen LogP contribution in [0.3, 0.4) is 0 Å². The number of aryl methyl sites for hydroxylation is 1. The van der Waals surface area contributed by atoms with Gasteiger partial charge in [0, 0.05) is 57.2 Å². The van der Waals surface area contributed by atoms with Crippen LogP contribution in [0.4, 0.5) is 0 Å². The van der Waals surface area contributed by atoms with Gasteiger partial charge in [-0.05, 0) is 24.6 Å². The average molecular weight is 311 g/mol. The third-order valence-corrected chi connectivity index (χ3v) is 4.94. The van der Waals surface area contributed by atoms with Gasteiger partial charge in [-0.1, -0.05) is 6.07 Å². The van der Waals surface area contributed by atoms with Gasteiger partial charge in [0.25, 0.3) is 5.91 Å². The molecule has 0 atom stereocenters. The Balaban J connectivity index is 1.33. The van der Waals surface area contributed by atoms with Crippen LogP contribution in [0.2, 0.25) is 0 Å². The van der Waals surface area contributed by atoms with Gasteiger partial charge >= 0.3 is 0 Å². The van der Waals surface area contributed by atoms with Crippen molar-refractivity contribution in [2.24, 2.45) is 12.5 Å². The van der Waals surface area contributed by atoms with Gasteiger partial charge in [0.2, 0.25) is 0 Å². The predicted molar refractivity (Wildman–Crippen MR) is 85.7 cm³/mol. The maximum absolute atomic E-state index is 12.4. The first kappa shape index (κ1) is 14.4. The standard InChI is InChI=1S/C17H21N5O/c1-20-10-15(8-19-20)16(23)22-12-17(13-22)4-6-21(11-17)9-14-3-2-5-18-7-14/h2-3,5,7-8,10H,4,6,9,11-13H2,1H3. The third kappa shape index (κ3) is 2.74. The van der Waals surface area contributed by atoms with Gasteiger partial charge in [0.1, 0.15) is 0 Å². The first-order valence-electron chi connectivity index (χ1n) is 8.03. The van der Waals surface area contributed by atoms with Crippen LogP contribution in [0.25, 0.3) is 0 Å². The number of rotatable bonds is 3. The average Bonchev–Trinajstić information content (AvgIpc) is 3.13. The van der Waals surface area contributed by atoms with E-state index in [4.69, 9.17) is 0 Å². The summed E-state index contributed by atoms with van der Waals surface area (Å²) in [6, 6.07) is 4.11. The number of aromatic nitrogens is 3. The summed E-state index contributed by atoms with van der Waals surface area (Å²) in [5, 5.41) is 4.08. The number of pyridine rings is 1. The minimum atomic E-state index is 0.106. The van der Waals surface area contributed by atoms with Crippen LogP contribution >= 0.6 is 0 Å². The van der Waals surface area contributed by atoms with E-state index in [1.165, 1.54) is 12.0 Å². The summed E-state index contributed by atoms with van der Waals surface area (Å²) >= 11 is 0. The Bertz CT molecular complexity index is 705. The van der Waals surface area contributed by atoms with Gasteiger partial charge in [0.05, 0.1) is 11.8 Å². The fourth-order valence-corrected chi connectivity index (χ4v) is 3.79. The van der Waals surface area contributed by atoms with E-state index in [0.29, 0.717) is 11.0 Å². The summed E-state index contributed by atoms with van der Waals surface area (Å²) in [6.07, 6.45) is 8.35. The molecule has 6 heteroatoms. The first-order chi connectivity index (χ1) is 11.1. The quantitative estimate of drug-likeness (QED) is 0.854. The zero-order chi connectivity index (χ0) is 15.9. The van der Waals surface area contributed by atoms with Crippen LogP contribution in [-0.4, -0.2) is 56.7 Å². The van der Waals surface area contributed by atoms with Gasteiger partial charge in [-0.2, -0.15) is 5.10 Å². The number of likely N-dealkylation sites (tertiary alicyclic amines) is 2. The molecule has 0 bridgehead atoms. The molecular formula is C17H21N5O. The minimum Gasteiger partial charge on any atom is -0.337 e. The van der Waals surface area contributed by atoms with Crippen molar-refractivity contribution in [3.63, 3.8) is 0 Å². The second-order valence-electron chi connectivity index (χ2n) is 6.89. The van der Waals surface area contributed by atoms with Crippen molar-refractivity contribution in [2.45, 2.75) is 13.0 Å². The molecule has 120 valence electrons. The summed E-state index contributed by atoms with van der Waals surface area (Å²) in [7, 11) is 1.83. The van der Waals surface area contributed by atoms with Crippen molar-refractivity contribution in [3.05, 3.63) is 48.0 Å². The molecular weight excluding hydrogens is 290 g/mol. The summed E-state index contributed by atoms with van der Waals surface area (Å²) in [5.74, 6) is 0.106. The molecule has 2 aromatic rings. The van der Waals surface area contributed by atoms with Crippen LogP contribution < -0.4 is 0 Å².